The largest absolute Gasteiger partial charge is 0.481 e. The Morgan fingerprint density at radius 3 is 2.50 bits per heavy atom. The van der Waals surface area contributed by atoms with Gasteiger partial charge in [0.1, 0.15) is 0 Å². The molecule has 138 valence electrons. The number of aliphatic carboxylic acids is 1. The van der Waals surface area contributed by atoms with E-state index in [4.69, 9.17) is 5.11 Å². The lowest BCUT2D eigenvalue weighted by atomic mass is 9.99. The van der Waals surface area contributed by atoms with Crippen molar-refractivity contribution in [2.45, 2.75) is 45.4 Å². The van der Waals surface area contributed by atoms with Crippen LogP contribution in [0.2, 0.25) is 0 Å². The van der Waals surface area contributed by atoms with Gasteiger partial charge in [0.25, 0.3) is 5.91 Å². The summed E-state index contributed by atoms with van der Waals surface area (Å²) >= 11 is 0. The summed E-state index contributed by atoms with van der Waals surface area (Å²) in [4.78, 5) is 27.3. The van der Waals surface area contributed by atoms with Gasteiger partial charge in [0, 0.05) is 30.3 Å². The zero-order valence-corrected chi connectivity index (χ0v) is 15.2. The van der Waals surface area contributed by atoms with Crippen LogP contribution in [0.5, 0.6) is 0 Å². The molecule has 0 radical (unpaired) electrons. The summed E-state index contributed by atoms with van der Waals surface area (Å²) in [5, 5.41) is 11.6. The van der Waals surface area contributed by atoms with Crippen LogP contribution in [0.25, 0.3) is 11.3 Å². The van der Waals surface area contributed by atoms with Crippen molar-refractivity contribution in [2.24, 2.45) is 0 Å². The molecule has 0 unspecified atom stereocenters. The molecule has 0 aliphatic carbocycles. The smallest absolute Gasteiger partial charge is 0.303 e. The van der Waals surface area contributed by atoms with Gasteiger partial charge < -0.3 is 10.4 Å². The van der Waals surface area contributed by atoms with Gasteiger partial charge in [-0.2, -0.15) is 0 Å². The maximum Gasteiger partial charge on any atom is 0.303 e. The first-order valence-corrected chi connectivity index (χ1v) is 9.10. The molecule has 1 aromatic carbocycles. The Bertz CT molecular complexity index is 729. The molecule has 2 aromatic rings. The van der Waals surface area contributed by atoms with Gasteiger partial charge in [-0.3, -0.25) is 14.6 Å². The number of rotatable bonds is 10. The lowest BCUT2D eigenvalue weighted by molar-refractivity contribution is -0.137. The van der Waals surface area contributed by atoms with Crippen molar-refractivity contribution in [1.82, 2.24) is 10.3 Å². The van der Waals surface area contributed by atoms with Crippen molar-refractivity contribution in [3.05, 3.63) is 53.7 Å². The van der Waals surface area contributed by atoms with E-state index in [1.165, 1.54) is 0 Å². The lowest BCUT2D eigenvalue weighted by Crippen LogP contribution is -2.25. The highest BCUT2D eigenvalue weighted by molar-refractivity contribution is 5.97. The number of nitrogens with one attached hydrogen (secondary N) is 1. The maximum atomic E-state index is 12.5. The van der Waals surface area contributed by atoms with Crippen molar-refractivity contribution < 1.29 is 14.7 Å². The molecule has 2 N–H and O–H groups in total. The zero-order valence-electron chi connectivity index (χ0n) is 15.2. The van der Waals surface area contributed by atoms with Gasteiger partial charge in [-0.25, -0.2) is 0 Å². The van der Waals surface area contributed by atoms with Crippen LogP contribution in [0.15, 0.2) is 42.6 Å². The Kier molecular flexibility index (Phi) is 7.80. The third kappa shape index (κ3) is 5.99. The number of hydrogen-bond acceptors (Lipinski definition) is 3. The van der Waals surface area contributed by atoms with Gasteiger partial charge >= 0.3 is 5.97 Å². The Balaban J connectivity index is 1.80. The van der Waals surface area contributed by atoms with E-state index >= 15 is 0 Å². The number of carbonyl (C=O) groups is 2. The molecular formula is C21H26N2O3. The molecule has 1 aromatic heterocycles. The monoisotopic (exact) mass is 354 g/mol. The fourth-order valence-corrected chi connectivity index (χ4v) is 2.91. The van der Waals surface area contributed by atoms with Gasteiger partial charge in [-0.1, -0.05) is 37.5 Å². The van der Waals surface area contributed by atoms with Crippen LogP contribution < -0.4 is 5.32 Å². The fourth-order valence-electron chi connectivity index (χ4n) is 2.91. The third-order valence-corrected chi connectivity index (χ3v) is 4.37. The van der Waals surface area contributed by atoms with Crippen LogP contribution >= 0.6 is 0 Å². The number of hydrogen-bond donors (Lipinski definition) is 2. The van der Waals surface area contributed by atoms with Gasteiger partial charge in [0.05, 0.1) is 5.69 Å². The van der Waals surface area contributed by atoms with Gasteiger partial charge in [0.2, 0.25) is 0 Å². The second-order valence-electron chi connectivity index (χ2n) is 6.36. The predicted molar refractivity (Wildman–Crippen MR) is 102 cm³/mol. The van der Waals surface area contributed by atoms with Crippen LogP contribution in [-0.2, 0) is 4.79 Å². The fraction of sp³-hybridized carbons (Fsp3) is 0.381. The van der Waals surface area contributed by atoms with Gasteiger partial charge in [0.15, 0.2) is 0 Å². The van der Waals surface area contributed by atoms with E-state index in [-0.39, 0.29) is 12.3 Å². The molecule has 0 aliphatic rings. The number of pyridine rings is 1. The van der Waals surface area contributed by atoms with Crippen molar-refractivity contribution in [3.8, 4) is 11.3 Å². The Labute approximate surface area is 154 Å². The first-order valence-electron chi connectivity index (χ1n) is 9.10. The molecule has 1 heterocycles. The number of unbranched alkanes of at least 4 members (excludes halogenated alkanes) is 4. The van der Waals surface area contributed by atoms with E-state index in [0.29, 0.717) is 12.1 Å². The summed E-state index contributed by atoms with van der Waals surface area (Å²) in [5.74, 6) is -0.799. The van der Waals surface area contributed by atoms with E-state index in [0.717, 1.165) is 48.9 Å². The van der Waals surface area contributed by atoms with Gasteiger partial charge in [-0.05, 0) is 43.5 Å². The Morgan fingerprint density at radius 2 is 1.77 bits per heavy atom. The molecule has 2 rings (SSSR count). The third-order valence-electron chi connectivity index (χ3n) is 4.37. The second-order valence-corrected chi connectivity index (χ2v) is 6.36. The highest BCUT2D eigenvalue weighted by Gasteiger charge is 2.12. The van der Waals surface area contributed by atoms with Gasteiger partial charge in [-0.15, -0.1) is 0 Å². The maximum absolute atomic E-state index is 12.5. The SMILES string of the molecule is Cc1c(C(=O)NCCCCCCCC(=O)O)cccc1-c1ccccn1. The molecule has 5 nitrogen and oxygen atoms in total. The van der Waals surface area contributed by atoms with Crippen molar-refractivity contribution in [3.63, 3.8) is 0 Å². The molecule has 26 heavy (non-hydrogen) atoms. The summed E-state index contributed by atoms with van der Waals surface area (Å²) in [7, 11) is 0. The number of aromatic nitrogens is 1. The normalized spacial score (nSPS) is 10.5. The summed E-state index contributed by atoms with van der Waals surface area (Å²) in [6.45, 7) is 2.58. The number of amides is 1. The average molecular weight is 354 g/mol. The second kappa shape index (κ2) is 10.3. The number of carboxylic acids is 1. The highest BCUT2D eigenvalue weighted by atomic mass is 16.4. The van der Waals surface area contributed by atoms with Crippen molar-refractivity contribution >= 4 is 11.9 Å². The first-order chi connectivity index (χ1) is 12.6. The van der Waals surface area contributed by atoms with E-state index in [1.54, 1.807) is 6.20 Å². The minimum atomic E-state index is -0.736. The van der Waals surface area contributed by atoms with Crippen LogP contribution in [0.4, 0.5) is 0 Å². The molecule has 0 saturated heterocycles. The van der Waals surface area contributed by atoms with E-state index in [1.807, 2.05) is 43.3 Å². The molecule has 0 bridgehead atoms. The zero-order chi connectivity index (χ0) is 18.8. The predicted octanol–water partition coefficient (Wildman–Crippen LogP) is 4.21. The summed E-state index contributed by atoms with van der Waals surface area (Å²) in [5.41, 5.74) is 3.43. The molecule has 0 spiro atoms. The van der Waals surface area contributed by atoms with Crippen LogP contribution in [-0.4, -0.2) is 28.5 Å². The van der Waals surface area contributed by atoms with Crippen molar-refractivity contribution in [1.29, 1.82) is 0 Å². The quantitative estimate of drug-likeness (QED) is 0.626. The standard InChI is InChI=1S/C21H26N2O3/c1-16-17(19-12-6-8-14-22-19)10-9-11-18(16)21(26)23-15-7-4-2-3-5-13-20(24)25/h6,8-12,14H,2-5,7,13,15H2,1H3,(H,23,26)(H,24,25). The topological polar surface area (TPSA) is 79.3 Å². The molecule has 1 amide bonds. The van der Waals surface area contributed by atoms with Crippen molar-refractivity contribution in [2.75, 3.05) is 6.54 Å². The number of benzene rings is 1. The van der Waals surface area contributed by atoms with Crippen LogP contribution in [0, 0.1) is 6.92 Å². The molecule has 5 heteroatoms. The number of carboxylic acid groups (broad SMARTS) is 1. The molecule has 0 atom stereocenters. The molecule has 0 aliphatic heterocycles. The van der Waals surface area contributed by atoms with E-state index < -0.39 is 5.97 Å². The molecule has 0 fully saturated rings. The minimum absolute atomic E-state index is 0.0637. The average Bonchev–Trinajstić information content (AvgIpc) is 2.64. The Morgan fingerprint density at radius 1 is 1.00 bits per heavy atom. The van der Waals surface area contributed by atoms with Crippen LogP contribution in [0.1, 0.15) is 54.4 Å². The molecular weight excluding hydrogens is 328 g/mol. The number of carbonyl (C=O) groups excluding carboxylic acids is 1. The van der Waals surface area contributed by atoms with E-state index in [2.05, 4.69) is 10.3 Å². The Hall–Kier alpha value is -2.69. The van der Waals surface area contributed by atoms with E-state index in [9.17, 15) is 9.59 Å². The van der Waals surface area contributed by atoms with Crippen LogP contribution in [0.3, 0.4) is 0 Å². The first kappa shape index (κ1) is 19.6. The summed E-state index contributed by atoms with van der Waals surface area (Å²) in [6.07, 6.45) is 6.52. The minimum Gasteiger partial charge on any atom is -0.481 e. The summed E-state index contributed by atoms with van der Waals surface area (Å²) in [6, 6.07) is 11.4. The lowest BCUT2D eigenvalue weighted by Gasteiger charge is -2.11. The number of nitrogens with zero attached hydrogens (tertiary/aromatic N) is 1. The molecule has 0 saturated carbocycles. The highest BCUT2D eigenvalue weighted by Crippen LogP contribution is 2.23. The summed E-state index contributed by atoms with van der Waals surface area (Å²) < 4.78 is 0.